The number of rotatable bonds is 14. The van der Waals surface area contributed by atoms with Crippen LogP contribution in [0.15, 0.2) is 0 Å². The Morgan fingerprint density at radius 2 is 1.17 bits per heavy atom. The Kier molecular flexibility index (Phi) is 17.8. The van der Waals surface area contributed by atoms with Crippen LogP contribution >= 0.6 is 0 Å². The smallest absolute Gasteiger partial charge is 0.319 e. The summed E-state index contributed by atoms with van der Waals surface area (Å²) in [5, 5.41) is 0. The van der Waals surface area contributed by atoms with Crippen molar-refractivity contribution in [3.05, 3.63) is 0 Å². The van der Waals surface area contributed by atoms with Crippen molar-refractivity contribution in [3.63, 3.8) is 0 Å². The standard InChI is InChI=1S/C28H54N6O7S/c1-6-29-11-13-31(23-27(36)39-3)15-19-33(20-16-32(14-12-29)24-28(37)40-4)25(2)26(35)9-7-8-10-30-17-21-34(22-18-30)42(38)41-5/h25H,6-24H2,1-5H3. The van der Waals surface area contributed by atoms with Gasteiger partial charge in [-0.05, 0) is 32.9 Å². The quantitative estimate of drug-likeness (QED) is 0.185. The summed E-state index contributed by atoms with van der Waals surface area (Å²) in [6.45, 7) is 15.0. The van der Waals surface area contributed by atoms with Gasteiger partial charge in [0.05, 0.1) is 40.5 Å². The highest BCUT2D eigenvalue weighted by molar-refractivity contribution is 7.77. The molecule has 0 bridgehead atoms. The molecule has 0 N–H and O–H groups in total. The number of hydrogen-bond donors (Lipinski definition) is 0. The summed E-state index contributed by atoms with van der Waals surface area (Å²) in [5.74, 6) is -0.324. The zero-order chi connectivity index (χ0) is 30.9. The van der Waals surface area contributed by atoms with Gasteiger partial charge < -0.3 is 19.3 Å². The van der Waals surface area contributed by atoms with E-state index in [0.717, 1.165) is 52.1 Å². The minimum Gasteiger partial charge on any atom is -0.468 e. The average molecular weight is 619 g/mol. The van der Waals surface area contributed by atoms with Crippen LogP contribution < -0.4 is 0 Å². The van der Waals surface area contributed by atoms with Crippen LogP contribution in [-0.2, 0) is 39.3 Å². The third-order valence-corrected chi connectivity index (χ3v) is 9.40. The monoisotopic (exact) mass is 618 g/mol. The Morgan fingerprint density at radius 1 is 0.690 bits per heavy atom. The first-order valence-corrected chi connectivity index (χ1v) is 16.2. The van der Waals surface area contributed by atoms with Gasteiger partial charge >= 0.3 is 11.9 Å². The number of esters is 2. The van der Waals surface area contributed by atoms with Gasteiger partial charge in [-0.1, -0.05) is 6.92 Å². The SMILES string of the molecule is CCN1CCN(CC(=O)OC)CCN(C(C)C(=O)CCCCN2CCN(S(=O)OC)CC2)CCN(CC(=O)OC)CC1. The number of piperazine rings is 1. The molecule has 2 aliphatic heterocycles. The molecule has 13 nitrogen and oxygen atoms in total. The van der Waals surface area contributed by atoms with Crippen molar-refractivity contribution >= 4 is 29.0 Å². The molecule has 2 atom stereocenters. The van der Waals surface area contributed by atoms with Crippen LogP contribution in [0.4, 0.5) is 0 Å². The van der Waals surface area contributed by atoms with Crippen molar-refractivity contribution in [1.29, 1.82) is 0 Å². The second-order valence-corrected chi connectivity index (χ2v) is 12.2. The number of unbranched alkanes of at least 4 members (excludes halogenated alkanes) is 1. The first kappa shape index (κ1) is 36.7. The number of carbonyl (C=O) groups is 3. The Bertz CT molecular complexity index is 812. The molecule has 0 saturated carbocycles. The van der Waals surface area contributed by atoms with Crippen molar-refractivity contribution < 1.29 is 32.2 Å². The lowest BCUT2D eigenvalue weighted by Crippen LogP contribution is -2.50. The van der Waals surface area contributed by atoms with E-state index in [2.05, 4.69) is 31.4 Å². The lowest BCUT2D eigenvalue weighted by molar-refractivity contribution is -0.142. The van der Waals surface area contributed by atoms with Crippen molar-refractivity contribution in [2.75, 3.05) is 126 Å². The highest BCUT2D eigenvalue weighted by Gasteiger charge is 2.25. The molecule has 2 rings (SSSR count). The van der Waals surface area contributed by atoms with Gasteiger partial charge in [-0.15, -0.1) is 0 Å². The fourth-order valence-corrected chi connectivity index (χ4v) is 5.99. The first-order chi connectivity index (χ1) is 20.2. The number of ether oxygens (including phenoxy) is 2. The van der Waals surface area contributed by atoms with Crippen molar-refractivity contribution in [2.45, 2.75) is 39.2 Å². The van der Waals surface area contributed by atoms with Gasteiger partial charge in [0.15, 0.2) is 0 Å². The van der Waals surface area contributed by atoms with E-state index in [9.17, 15) is 18.6 Å². The van der Waals surface area contributed by atoms with Gasteiger partial charge in [0.2, 0.25) is 11.3 Å². The van der Waals surface area contributed by atoms with Crippen LogP contribution in [0.3, 0.4) is 0 Å². The molecule has 0 aromatic carbocycles. The fourth-order valence-electron chi connectivity index (χ4n) is 5.32. The highest BCUT2D eigenvalue weighted by atomic mass is 32.2. The number of hydrogen-bond acceptors (Lipinski definition) is 12. The summed E-state index contributed by atoms with van der Waals surface area (Å²) in [6, 6.07) is -0.271. The molecule has 2 saturated heterocycles. The minimum absolute atomic E-state index is 0.207. The minimum atomic E-state index is -1.37. The van der Waals surface area contributed by atoms with Gasteiger partial charge in [0.1, 0.15) is 5.78 Å². The van der Waals surface area contributed by atoms with E-state index in [-0.39, 0.29) is 36.9 Å². The predicted molar refractivity (Wildman–Crippen MR) is 162 cm³/mol. The zero-order valence-electron chi connectivity index (χ0n) is 26.5. The Hall–Kier alpha value is -1.52. The summed E-state index contributed by atoms with van der Waals surface area (Å²) in [7, 11) is 4.27. The molecule has 0 amide bonds. The van der Waals surface area contributed by atoms with Crippen LogP contribution in [-0.4, -0.2) is 183 Å². The predicted octanol–water partition coefficient (Wildman–Crippen LogP) is -0.455. The zero-order valence-corrected chi connectivity index (χ0v) is 27.3. The number of likely N-dealkylation sites (N-methyl/N-ethyl adjacent to an activating group) is 1. The number of methoxy groups -OCH3 is 2. The van der Waals surface area contributed by atoms with Gasteiger partial charge in [-0.3, -0.25) is 33.3 Å². The average Bonchev–Trinajstić information content (AvgIpc) is 3.00. The number of nitrogens with zero attached hydrogens (tertiary/aromatic N) is 6. The normalized spacial score (nSPS) is 21.6. The maximum Gasteiger partial charge on any atom is 0.319 e. The molecule has 2 heterocycles. The Morgan fingerprint density at radius 3 is 1.64 bits per heavy atom. The highest BCUT2D eigenvalue weighted by Crippen LogP contribution is 2.11. The first-order valence-electron chi connectivity index (χ1n) is 15.2. The van der Waals surface area contributed by atoms with E-state index in [0.29, 0.717) is 58.8 Å². The molecule has 2 aliphatic rings. The summed E-state index contributed by atoms with van der Waals surface area (Å²) in [5.41, 5.74) is 0. The third-order valence-electron chi connectivity index (χ3n) is 8.33. The molecule has 0 aromatic rings. The van der Waals surface area contributed by atoms with E-state index in [1.807, 2.05) is 11.2 Å². The summed E-state index contributed by atoms with van der Waals surface area (Å²) in [4.78, 5) is 48.6. The molecule has 0 spiro atoms. The van der Waals surface area contributed by atoms with Crippen LogP contribution in [0.5, 0.6) is 0 Å². The van der Waals surface area contributed by atoms with Crippen LogP contribution in [0.1, 0.15) is 33.1 Å². The van der Waals surface area contributed by atoms with Crippen LogP contribution in [0, 0.1) is 0 Å². The molecule has 0 aliphatic carbocycles. The van der Waals surface area contributed by atoms with Crippen LogP contribution in [0.25, 0.3) is 0 Å². The van der Waals surface area contributed by atoms with Gasteiger partial charge in [-0.2, -0.15) is 4.31 Å². The fraction of sp³-hybridized carbons (Fsp3) is 0.893. The van der Waals surface area contributed by atoms with E-state index in [1.54, 1.807) is 0 Å². The second kappa shape index (κ2) is 20.4. The van der Waals surface area contributed by atoms with Gasteiger partial charge in [0, 0.05) is 85.0 Å². The summed E-state index contributed by atoms with van der Waals surface area (Å²) < 4.78 is 28.4. The van der Waals surface area contributed by atoms with Gasteiger partial charge in [-0.25, -0.2) is 4.21 Å². The third kappa shape index (κ3) is 13.4. The van der Waals surface area contributed by atoms with Crippen molar-refractivity contribution in [1.82, 2.24) is 28.8 Å². The molecule has 42 heavy (non-hydrogen) atoms. The molecular weight excluding hydrogens is 564 g/mol. The Labute approximate surface area is 255 Å². The lowest BCUT2D eigenvalue weighted by atomic mass is 10.1. The Balaban J connectivity index is 1.96. The maximum atomic E-state index is 13.3. The topological polar surface area (TPSA) is 115 Å². The molecule has 2 fully saturated rings. The molecule has 0 radical (unpaired) electrons. The maximum absolute atomic E-state index is 13.3. The summed E-state index contributed by atoms with van der Waals surface area (Å²) in [6.07, 6.45) is 2.26. The molecule has 14 heteroatoms. The second-order valence-electron chi connectivity index (χ2n) is 10.9. The number of carbonyl (C=O) groups excluding carboxylic acids is 3. The van der Waals surface area contributed by atoms with E-state index in [1.165, 1.54) is 21.3 Å². The summed E-state index contributed by atoms with van der Waals surface area (Å²) >= 11 is -1.37. The molecule has 0 aromatic heterocycles. The van der Waals surface area contributed by atoms with Crippen molar-refractivity contribution in [2.24, 2.45) is 0 Å². The van der Waals surface area contributed by atoms with E-state index < -0.39 is 11.3 Å². The molecular formula is C28H54N6O7S. The van der Waals surface area contributed by atoms with E-state index in [4.69, 9.17) is 13.7 Å². The number of Topliss-reactive ketones (excluding diaryl/α,β-unsaturated/α-hetero) is 1. The van der Waals surface area contributed by atoms with Crippen molar-refractivity contribution in [3.8, 4) is 0 Å². The van der Waals surface area contributed by atoms with Crippen LogP contribution in [0.2, 0.25) is 0 Å². The molecule has 2 unspecified atom stereocenters. The lowest BCUT2D eigenvalue weighted by Gasteiger charge is -2.35. The largest absolute Gasteiger partial charge is 0.468 e. The molecule has 244 valence electrons. The van der Waals surface area contributed by atoms with Gasteiger partial charge in [0.25, 0.3) is 0 Å². The van der Waals surface area contributed by atoms with E-state index >= 15 is 0 Å². The number of ketones is 1.